The van der Waals surface area contributed by atoms with E-state index >= 15 is 0 Å². The fourth-order valence-corrected chi connectivity index (χ4v) is 1.63. The van der Waals surface area contributed by atoms with E-state index in [9.17, 15) is 4.79 Å². The minimum absolute atomic E-state index is 0.201. The molecule has 0 radical (unpaired) electrons. The fraction of sp³-hybridized carbons (Fsp3) is 0.417. The van der Waals surface area contributed by atoms with Gasteiger partial charge in [0.05, 0.1) is 5.56 Å². The molecule has 0 amide bonds. The Morgan fingerprint density at radius 2 is 1.93 bits per heavy atom. The maximum atomic E-state index is 11.6. The molecule has 0 bridgehead atoms. The molecule has 2 heteroatoms. The molecule has 1 aliphatic carbocycles. The topological polar surface area (TPSA) is 26.3 Å². The summed E-state index contributed by atoms with van der Waals surface area (Å²) in [5.41, 5.74) is 0.438. The number of esters is 1. The normalized spacial score (nSPS) is 18.4. The van der Waals surface area contributed by atoms with Crippen LogP contribution in [-0.2, 0) is 4.74 Å². The van der Waals surface area contributed by atoms with Gasteiger partial charge in [0.25, 0.3) is 0 Å². The molecule has 0 unspecified atom stereocenters. The van der Waals surface area contributed by atoms with Crippen LogP contribution in [0.4, 0.5) is 0 Å². The van der Waals surface area contributed by atoms with Crippen LogP contribution in [-0.4, -0.2) is 11.6 Å². The summed E-state index contributed by atoms with van der Waals surface area (Å²) in [7, 11) is 0. The number of carbonyl (C=O) groups excluding carboxylic acids is 1. The summed E-state index contributed by atoms with van der Waals surface area (Å²) in [6.45, 7) is 2.00. The Morgan fingerprint density at radius 3 is 2.43 bits per heavy atom. The summed E-state index contributed by atoms with van der Waals surface area (Å²) in [5.74, 6) is -0.201. The molecule has 0 saturated heterocycles. The summed E-state index contributed by atoms with van der Waals surface area (Å²) in [6, 6.07) is 9.15. The van der Waals surface area contributed by atoms with Gasteiger partial charge in [0.2, 0.25) is 0 Å². The van der Waals surface area contributed by atoms with Crippen LogP contribution in [0.5, 0.6) is 0 Å². The third-order valence-corrected chi connectivity index (χ3v) is 2.76. The first-order chi connectivity index (χ1) is 6.70. The van der Waals surface area contributed by atoms with Gasteiger partial charge in [-0.1, -0.05) is 18.2 Å². The Labute approximate surface area is 83.9 Å². The highest BCUT2D eigenvalue weighted by Gasteiger charge is 2.35. The lowest BCUT2D eigenvalue weighted by Gasteiger charge is -2.37. The minimum Gasteiger partial charge on any atom is -0.456 e. The van der Waals surface area contributed by atoms with E-state index in [1.165, 1.54) is 6.42 Å². The van der Waals surface area contributed by atoms with E-state index in [4.69, 9.17) is 4.74 Å². The van der Waals surface area contributed by atoms with Crippen LogP contribution >= 0.6 is 0 Å². The second-order valence-corrected chi connectivity index (χ2v) is 4.06. The maximum Gasteiger partial charge on any atom is 0.338 e. The van der Waals surface area contributed by atoms with Crippen molar-refractivity contribution in [3.05, 3.63) is 35.9 Å². The summed E-state index contributed by atoms with van der Waals surface area (Å²) in [6.07, 6.45) is 3.15. The van der Waals surface area contributed by atoms with E-state index in [0.717, 1.165) is 12.8 Å². The monoisotopic (exact) mass is 190 g/mol. The lowest BCUT2D eigenvalue weighted by molar-refractivity contribution is -0.0498. The second kappa shape index (κ2) is 3.45. The first-order valence-corrected chi connectivity index (χ1v) is 4.98. The summed E-state index contributed by atoms with van der Waals surface area (Å²) in [4.78, 5) is 11.6. The van der Waals surface area contributed by atoms with Crippen LogP contribution in [0.25, 0.3) is 0 Å². The lowest BCUT2D eigenvalue weighted by atomic mass is 9.82. The average Bonchev–Trinajstić information content (AvgIpc) is 2.17. The van der Waals surface area contributed by atoms with Crippen molar-refractivity contribution in [2.24, 2.45) is 0 Å². The zero-order valence-electron chi connectivity index (χ0n) is 8.32. The second-order valence-electron chi connectivity index (χ2n) is 4.06. The molecular formula is C12H14O2. The van der Waals surface area contributed by atoms with Crippen LogP contribution in [0.2, 0.25) is 0 Å². The number of hydrogen-bond acceptors (Lipinski definition) is 2. The van der Waals surface area contributed by atoms with Crippen molar-refractivity contribution in [1.82, 2.24) is 0 Å². The first kappa shape index (κ1) is 9.25. The van der Waals surface area contributed by atoms with Crippen molar-refractivity contribution >= 4 is 5.97 Å². The zero-order valence-corrected chi connectivity index (χ0v) is 8.32. The van der Waals surface area contributed by atoms with Crippen molar-refractivity contribution in [2.75, 3.05) is 0 Å². The molecule has 1 saturated carbocycles. The van der Waals surface area contributed by atoms with Gasteiger partial charge in [-0.15, -0.1) is 0 Å². The Morgan fingerprint density at radius 1 is 1.29 bits per heavy atom. The number of rotatable bonds is 2. The summed E-state index contributed by atoms with van der Waals surface area (Å²) >= 11 is 0. The van der Waals surface area contributed by atoms with E-state index in [0.29, 0.717) is 5.56 Å². The van der Waals surface area contributed by atoms with Gasteiger partial charge in [-0.05, 0) is 38.3 Å². The fourth-order valence-electron chi connectivity index (χ4n) is 1.63. The molecular weight excluding hydrogens is 176 g/mol. The largest absolute Gasteiger partial charge is 0.456 e. The third kappa shape index (κ3) is 1.79. The van der Waals surface area contributed by atoms with Crippen LogP contribution in [0.1, 0.15) is 36.5 Å². The highest BCUT2D eigenvalue weighted by Crippen LogP contribution is 2.35. The van der Waals surface area contributed by atoms with E-state index in [2.05, 4.69) is 0 Å². The van der Waals surface area contributed by atoms with E-state index in [1.54, 1.807) is 12.1 Å². The van der Waals surface area contributed by atoms with Gasteiger partial charge in [0, 0.05) is 0 Å². The molecule has 0 spiro atoms. The van der Waals surface area contributed by atoms with Crippen molar-refractivity contribution in [3.8, 4) is 0 Å². The van der Waals surface area contributed by atoms with E-state index in [-0.39, 0.29) is 11.6 Å². The predicted octanol–water partition coefficient (Wildman–Crippen LogP) is 2.79. The molecule has 1 aromatic carbocycles. The Kier molecular flexibility index (Phi) is 2.28. The third-order valence-electron chi connectivity index (χ3n) is 2.76. The highest BCUT2D eigenvalue weighted by atomic mass is 16.6. The predicted molar refractivity (Wildman–Crippen MR) is 54.1 cm³/mol. The van der Waals surface area contributed by atoms with Crippen molar-refractivity contribution in [1.29, 1.82) is 0 Å². The van der Waals surface area contributed by atoms with Gasteiger partial charge in [-0.25, -0.2) is 4.79 Å². The van der Waals surface area contributed by atoms with Gasteiger partial charge in [-0.3, -0.25) is 0 Å². The molecule has 0 aliphatic heterocycles. The van der Waals surface area contributed by atoms with Crippen molar-refractivity contribution in [2.45, 2.75) is 31.8 Å². The van der Waals surface area contributed by atoms with Crippen molar-refractivity contribution in [3.63, 3.8) is 0 Å². The van der Waals surface area contributed by atoms with Crippen LogP contribution in [0.15, 0.2) is 30.3 Å². The number of carbonyl (C=O) groups is 1. The van der Waals surface area contributed by atoms with E-state index < -0.39 is 0 Å². The lowest BCUT2D eigenvalue weighted by Crippen LogP contribution is -2.38. The zero-order chi connectivity index (χ0) is 10.0. The Bertz CT molecular complexity index is 325. The standard InChI is InChI=1S/C12H14O2/c1-12(8-5-9-12)14-11(13)10-6-3-2-4-7-10/h2-4,6-7H,5,8-9H2,1H3. The first-order valence-electron chi connectivity index (χ1n) is 4.98. The van der Waals surface area contributed by atoms with Gasteiger partial charge in [0.15, 0.2) is 0 Å². The van der Waals surface area contributed by atoms with Crippen molar-refractivity contribution < 1.29 is 9.53 Å². The number of hydrogen-bond donors (Lipinski definition) is 0. The molecule has 0 atom stereocenters. The summed E-state index contributed by atoms with van der Waals surface area (Å²) < 4.78 is 5.42. The molecule has 74 valence electrons. The minimum atomic E-state index is -0.201. The van der Waals surface area contributed by atoms with Gasteiger partial charge in [0.1, 0.15) is 5.60 Å². The van der Waals surface area contributed by atoms with Gasteiger partial charge < -0.3 is 4.74 Å². The van der Waals surface area contributed by atoms with Gasteiger partial charge >= 0.3 is 5.97 Å². The molecule has 0 aromatic heterocycles. The Hall–Kier alpha value is -1.31. The molecule has 0 N–H and O–H groups in total. The Balaban J connectivity index is 2.03. The molecule has 14 heavy (non-hydrogen) atoms. The summed E-state index contributed by atoms with van der Waals surface area (Å²) in [5, 5.41) is 0. The highest BCUT2D eigenvalue weighted by molar-refractivity contribution is 5.89. The maximum absolute atomic E-state index is 11.6. The molecule has 1 aromatic rings. The molecule has 0 heterocycles. The number of benzene rings is 1. The van der Waals surface area contributed by atoms with Crippen LogP contribution in [0.3, 0.4) is 0 Å². The molecule has 2 rings (SSSR count). The molecule has 2 nitrogen and oxygen atoms in total. The van der Waals surface area contributed by atoms with Crippen LogP contribution in [0, 0.1) is 0 Å². The molecule has 1 aliphatic rings. The smallest absolute Gasteiger partial charge is 0.338 e. The van der Waals surface area contributed by atoms with E-state index in [1.807, 2.05) is 25.1 Å². The average molecular weight is 190 g/mol. The van der Waals surface area contributed by atoms with Crippen LogP contribution < -0.4 is 0 Å². The molecule has 1 fully saturated rings. The quantitative estimate of drug-likeness (QED) is 0.670. The number of ether oxygens (including phenoxy) is 1. The SMILES string of the molecule is CC1(OC(=O)c2ccccc2)CCC1. The van der Waals surface area contributed by atoms with Gasteiger partial charge in [-0.2, -0.15) is 0 Å².